The highest BCUT2D eigenvalue weighted by Gasteiger charge is 2.29. The van der Waals surface area contributed by atoms with Crippen molar-refractivity contribution in [2.24, 2.45) is 11.8 Å². The second-order valence-corrected chi connectivity index (χ2v) is 5.29. The first-order valence-electron chi connectivity index (χ1n) is 6.84. The molecule has 1 aromatic heterocycles. The number of nitrogen functional groups attached to an aromatic ring is 1. The van der Waals surface area contributed by atoms with Gasteiger partial charge < -0.3 is 10.3 Å². The second kappa shape index (κ2) is 6.02. The molecule has 1 fully saturated rings. The molecule has 5 nitrogen and oxygen atoms in total. The molecule has 0 aromatic carbocycles. The van der Waals surface area contributed by atoms with Gasteiger partial charge in [-0.15, -0.1) is 0 Å². The molecule has 1 amide bonds. The van der Waals surface area contributed by atoms with Crippen LogP contribution < -0.4 is 11.3 Å². The Balaban J connectivity index is 2.18. The Kier molecular flexibility index (Phi) is 4.37. The van der Waals surface area contributed by atoms with Crippen LogP contribution in [-0.4, -0.2) is 28.9 Å². The van der Waals surface area contributed by atoms with Crippen LogP contribution in [0.3, 0.4) is 0 Å². The van der Waals surface area contributed by atoms with E-state index in [1.807, 2.05) is 11.9 Å². The third-order valence-electron chi connectivity index (χ3n) is 4.06. The van der Waals surface area contributed by atoms with Gasteiger partial charge in [-0.1, -0.05) is 19.8 Å². The standard InChI is InChI=1S/C14H22N4O/c1-10-6-3-4-8-12(10)18(2)14(19)11-7-5-9-16-13(11)17-15/h5,7,9-10,12H,3-4,6,8,15H2,1-2H3,(H,16,17). The third kappa shape index (κ3) is 2.87. The van der Waals surface area contributed by atoms with Gasteiger partial charge in [-0.25, -0.2) is 10.8 Å². The minimum Gasteiger partial charge on any atom is -0.338 e. The van der Waals surface area contributed by atoms with Crippen molar-refractivity contribution >= 4 is 11.7 Å². The molecule has 1 aliphatic rings. The van der Waals surface area contributed by atoms with Gasteiger partial charge in [0, 0.05) is 19.3 Å². The van der Waals surface area contributed by atoms with Crippen LogP contribution in [0.25, 0.3) is 0 Å². The van der Waals surface area contributed by atoms with Crippen LogP contribution in [0.5, 0.6) is 0 Å². The molecule has 2 atom stereocenters. The SMILES string of the molecule is CC1CCCCC1N(C)C(=O)c1cccnc1NN. The topological polar surface area (TPSA) is 71.2 Å². The molecule has 0 saturated heterocycles. The zero-order valence-electron chi connectivity index (χ0n) is 11.6. The highest BCUT2D eigenvalue weighted by Crippen LogP contribution is 2.28. The fourth-order valence-electron chi connectivity index (χ4n) is 2.91. The maximum atomic E-state index is 12.6. The average Bonchev–Trinajstić information content (AvgIpc) is 2.46. The second-order valence-electron chi connectivity index (χ2n) is 5.29. The molecule has 1 aromatic rings. The number of amides is 1. The summed E-state index contributed by atoms with van der Waals surface area (Å²) in [5.41, 5.74) is 3.02. The summed E-state index contributed by atoms with van der Waals surface area (Å²) in [6.45, 7) is 2.22. The van der Waals surface area contributed by atoms with Crippen molar-refractivity contribution in [2.45, 2.75) is 38.6 Å². The first-order valence-corrected chi connectivity index (χ1v) is 6.84. The summed E-state index contributed by atoms with van der Waals surface area (Å²) in [5.74, 6) is 6.38. The Morgan fingerprint density at radius 3 is 2.89 bits per heavy atom. The number of carbonyl (C=O) groups excluding carboxylic acids is 1. The Morgan fingerprint density at radius 2 is 2.21 bits per heavy atom. The summed E-state index contributed by atoms with van der Waals surface area (Å²) in [6, 6.07) is 3.83. The predicted molar refractivity (Wildman–Crippen MR) is 75.6 cm³/mol. The van der Waals surface area contributed by atoms with Gasteiger partial charge in [0.25, 0.3) is 5.91 Å². The van der Waals surface area contributed by atoms with Crippen molar-refractivity contribution in [2.75, 3.05) is 12.5 Å². The number of rotatable bonds is 3. The van der Waals surface area contributed by atoms with Crippen LogP contribution in [0.2, 0.25) is 0 Å². The Labute approximate surface area is 114 Å². The van der Waals surface area contributed by atoms with Crippen molar-refractivity contribution in [3.63, 3.8) is 0 Å². The Bertz CT molecular complexity index is 449. The molecule has 1 saturated carbocycles. The molecule has 104 valence electrons. The number of nitrogens with two attached hydrogens (primary N) is 1. The number of hydrogen-bond donors (Lipinski definition) is 2. The lowest BCUT2D eigenvalue weighted by Crippen LogP contribution is -2.43. The van der Waals surface area contributed by atoms with Crippen LogP contribution in [0.4, 0.5) is 5.82 Å². The van der Waals surface area contributed by atoms with Crippen molar-refractivity contribution in [1.29, 1.82) is 0 Å². The molecule has 19 heavy (non-hydrogen) atoms. The smallest absolute Gasteiger partial charge is 0.257 e. The molecule has 5 heteroatoms. The monoisotopic (exact) mass is 262 g/mol. The molecule has 0 spiro atoms. The van der Waals surface area contributed by atoms with Crippen LogP contribution in [-0.2, 0) is 0 Å². The van der Waals surface area contributed by atoms with E-state index < -0.39 is 0 Å². The van der Waals surface area contributed by atoms with Gasteiger partial charge in [0.1, 0.15) is 0 Å². The van der Waals surface area contributed by atoms with E-state index in [-0.39, 0.29) is 5.91 Å². The van der Waals surface area contributed by atoms with Crippen molar-refractivity contribution in [1.82, 2.24) is 9.88 Å². The van der Waals surface area contributed by atoms with Gasteiger partial charge in [0.05, 0.1) is 5.56 Å². The van der Waals surface area contributed by atoms with Crippen LogP contribution in [0.1, 0.15) is 43.0 Å². The van der Waals surface area contributed by atoms with E-state index in [4.69, 9.17) is 5.84 Å². The zero-order valence-corrected chi connectivity index (χ0v) is 11.6. The summed E-state index contributed by atoms with van der Waals surface area (Å²) in [4.78, 5) is 18.5. The molecular formula is C14H22N4O. The van der Waals surface area contributed by atoms with Gasteiger partial charge in [-0.05, 0) is 30.9 Å². The normalized spacial score (nSPS) is 22.9. The lowest BCUT2D eigenvalue weighted by Gasteiger charge is -2.36. The highest BCUT2D eigenvalue weighted by atomic mass is 16.2. The van der Waals surface area contributed by atoms with Gasteiger partial charge in [0.2, 0.25) is 0 Å². The summed E-state index contributed by atoms with van der Waals surface area (Å²) in [7, 11) is 1.88. The van der Waals surface area contributed by atoms with E-state index >= 15 is 0 Å². The number of hydrazine groups is 1. The molecule has 2 rings (SSSR count). The quantitative estimate of drug-likeness (QED) is 0.646. The fraction of sp³-hybridized carbons (Fsp3) is 0.571. The number of nitrogens with one attached hydrogen (secondary N) is 1. The lowest BCUT2D eigenvalue weighted by molar-refractivity contribution is 0.0629. The maximum Gasteiger partial charge on any atom is 0.257 e. The summed E-state index contributed by atoms with van der Waals surface area (Å²) >= 11 is 0. The minimum atomic E-state index is -0.0141. The Morgan fingerprint density at radius 1 is 1.47 bits per heavy atom. The molecule has 0 aliphatic heterocycles. The fourth-order valence-corrected chi connectivity index (χ4v) is 2.91. The van der Waals surface area contributed by atoms with Crippen LogP contribution in [0, 0.1) is 5.92 Å². The van der Waals surface area contributed by atoms with Gasteiger partial charge >= 0.3 is 0 Å². The van der Waals surface area contributed by atoms with E-state index in [1.54, 1.807) is 18.3 Å². The molecule has 2 unspecified atom stereocenters. The largest absolute Gasteiger partial charge is 0.338 e. The lowest BCUT2D eigenvalue weighted by atomic mass is 9.85. The molecule has 0 radical (unpaired) electrons. The van der Waals surface area contributed by atoms with E-state index in [2.05, 4.69) is 17.3 Å². The van der Waals surface area contributed by atoms with Gasteiger partial charge in [-0.2, -0.15) is 0 Å². The molecule has 1 aliphatic carbocycles. The van der Waals surface area contributed by atoms with Crippen LogP contribution in [0.15, 0.2) is 18.3 Å². The van der Waals surface area contributed by atoms with E-state index in [1.165, 1.54) is 19.3 Å². The van der Waals surface area contributed by atoms with Crippen LogP contribution >= 0.6 is 0 Å². The van der Waals surface area contributed by atoms with Crippen molar-refractivity contribution < 1.29 is 4.79 Å². The van der Waals surface area contributed by atoms with Crippen molar-refractivity contribution in [3.05, 3.63) is 23.9 Å². The number of pyridine rings is 1. The predicted octanol–water partition coefficient (Wildman–Crippen LogP) is 2.02. The minimum absolute atomic E-state index is 0.0141. The summed E-state index contributed by atoms with van der Waals surface area (Å²) in [5, 5.41) is 0. The summed E-state index contributed by atoms with van der Waals surface area (Å²) in [6.07, 6.45) is 6.35. The van der Waals surface area contributed by atoms with Gasteiger partial charge in [-0.3, -0.25) is 4.79 Å². The molecule has 1 heterocycles. The number of carbonyl (C=O) groups is 1. The zero-order chi connectivity index (χ0) is 13.8. The summed E-state index contributed by atoms with van der Waals surface area (Å²) < 4.78 is 0. The molecule has 0 bridgehead atoms. The number of hydrogen-bond acceptors (Lipinski definition) is 4. The first-order chi connectivity index (χ1) is 9.15. The molecular weight excluding hydrogens is 240 g/mol. The van der Waals surface area contributed by atoms with E-state index in [9.17, 15) is 4.79 Å². The number of anilines is 1. The molecule has 3 N–H and O–H groups in total. The van der Waals surface area contributed by atoms with E-state index in [0.29, 0.717) is 23.3 Å². The van der Waals surface area contributed by atoms with Crippen molar-refractivity contribution in [3.8, 4) is 0 Å². The maximum absolute atomic E-state index is 12.6. The Hall–Kier alpha value is -1.62. The third-order valence-corrected chi connectivity index (χ3v) is 4.06. The first kappa shape index (κ1) is 13.8. The number of nitrogens with zero attached hydrogens (tertiary/aromatic N) is 2. The average molecular weight is 262 g/mol. The highest BCUT2D eigenvalue weighted by molar-refractivity contribution is 5.98. The van der Waals surface area contributed by atoms with Gasteiger partial charge in [0.15, 0.2) is 5.82 Å². The number of aromatic nitrogens is 1. The van der Waals surface area contributed by atoms with E-state index in [0.717, 1.165) is 6.42 Å².